The summed E-state index contributed by atoms with van der Waals surface area (Å²) < 4.78 is 57.4. The van der Waals surface area contributed by atoms with Crippen molar-refractivity contribution in [2.45, 2.75) is 45.5 Å². The van der Waals surface area contributed by atoms with Crippen LogP contribution in [0.1, 0.15) is 48.2 Å². The first-order chi connectivity index (χ1) is 16.6. The van der Waals surface area contributed by atoms with Crippen LogP contribution in [0.4, 0.5) is 19.0 Å². The first-order valence-electron chi connectivity index (χ1n) is 11.6. The summed E-state index contributed by atoms with van der Waals surface area (Å²) in [6.07, 6.45) is -2.30. The number of esters is 1. The fourth-order valence-electron chi connectivity index (χ4n) is 4.01. The maximum Gasteiger partial charge on any atom is 0.417 e. The van der Waals surface area contributed by atoms with Crippen LogP contribution in [-0.2, 0) is 17.5 Å². The van der Waals surface area contributed by atoms with E-state index in [1.165, 1.54) is 0 Å². The molecule has 0 atom stereocenters. The van der Waals surface area contributed by atoms with E-state index in [-0.39, 0.29) is 11.9 Å². The molecule has 1 aliphatic heterocycles. The van der Waals surface area contributed by atoms with Gasteiger partial charge in [0.2, 0.25) is 0 Å². The number of methoxy groups -OCH3 is 2. The lowest BCUT2D eigenvalue weighted by atomic mass is 10.0. The van der Waals surface area contributed by atoms with E-state index in [0.29, 0.717) is 30.6 Å². The number of alkyl halides is 3. The van der Waals surface area contributed by atoms with Crippen LogP contribution < -0.4 is 19.7 Å². The standard InChI is InChI=1S/C25H32F3N3O4/c1-16(2)15-35-22-11-17(5-6-21(22)33-3)14-31(18-7-9-29-10-8-18)23-12-20(25(26,27)28)19(13-30-23)24(32)34-4/h5-6,11-13,16,18,29H,7-10,14-15H2,1-4H3. The molecule has 0 unspecified atom stereocenters. The van der Waals surface area contributed by atoms with Gasteiger partial charge in [-0.05, 0) is 55.6 Å². The van der Waals surface area contributed by atoms with Crippen LogP contribution in [0.5, 0.6) is 11.5 Å². The highest BCUT2D eigenvalue weighted by atomic mass is 19.4. The van der Waals surface area contributed by atoms with Crippen LogP contribution in [-0.4, -0.2) is 50.9 Å². The number of ether oxygens (including phenoxy) is 3. The minimum Gasteiger partial charge on any atom is -0.493 e. The van der Waals surface area contributed by atoms with Crippen molar-refractivity contribution in [2.24, 2.45) is 5.92 Å². The van der Waals surface area contributed by atoms with E-state index < -0.39 is 23.3 Å². The molecule has 0 bridgehead atoms. The first-order valence-corrected chi connectivity index (χ1v) is 11.6. The lowest BCUT2D eigenvalue weighted by Gasteiger charge is -2.36. The van der Waals surface area contributed by atoms with Crippen molar-refractivity contribution in [2.75, 3.05) is 38.8 Å². The number of nitrogens with one attached hydrogen (secondary N) is 1. The molecule has 0 aliphatic carbocycles. The van der Waals surface area contributed by atoms with Crippen LogP contribution in [0.25, 0.3) is 0 Å². The van der Waals surface area contributed by atoms with Crippen molar-refractivity contribution in [3.05, 3.63) is 47.2 Å². The van der Waals surface area contributed by atoms with Crippen molar-refractivity contribution in [3.8, 4) is 11.5 Å². The summed E-state index contributed by atoms with van der Waals surface area (Å²) in [4.78, 5) is 18.1. The Labute approximate surface area is 203 Å². The van der Waals surface area contributed by atoms with Gasteiger partial charge in [0, 0.05) is 18.8 Å². The number of rotatable bonds is 9. The first kappa shape index (κ1) is 26.6. The summed E-state index contributed by atoms with van der Waals surface area (Å²) >= 11 is 0. The molecule has 1 aliphatic rings. The van der Waals surface area contributed by atoms with Crippen molar-refractivity contribution in [1.29, 1.82) is 0 Å². The number of halogens is 3. The van der Waals surface area contributed by atoms with Gasteiger partial charge in [-0.2, -0.15) is 13.2 Å². The maximum atomic E-state index is 13.8. The minimum atomic E-state index is -4.74. The number of hydrogen-bond acceptors (Lipinski definition) is 7. The molecule has 0 radical (unpaired) electrons. The fraction of sp³-hybridized carbons (Fsp3) is 0.520. The second kappa shape index (κ2) is 11.6. The number of anilines is 1. The quantitative estimate of drug-likeness (QED) is 0.506. The van der Waals surface area contributed by atoms with Gasteiger partial charge in [0.15, 0.2) is 11.5 Å². The Bertz CT molecular complexity index is 1010. The van der Waals surface area contributed by atoms with E-state index in [4.69, 9.17) is 9.47 Å². The smallest absolute Gasteiger partial charge is 0.417 e. The average Bonchev–Trinajstić information content (AvgIpc) is 2.85. The van der Waals surface area contributed by atoms with E-state index in [1.807, 2.05) is 30.9 Å². The molecular weight excluding hydrogens is 463 g/mol. The van der Waals surface area contributed by atoms with Crippen molar-refractivity contribution < 1.29 is 32.2 Å². The van der Waals surface area contributed by atoms with Gasteiger partial charge in [0.05, 0.1) is 32.0 Å². The van der Waals surface area contributed by atoms with Crippen LogP contribution in [0.15, 0.2) is 30.5 Å². The summed E-state index contributed by atoms with van der Waals surface area (Å²) in [5.41, 5.74) is -0.831. The molecule has 7 nitrogen and oxygen atoms in total. The van der Waals surface area contributed by atoms with E-state index >= 15 is 0 Å². The van der Waals surface area contributed by atoms with Crippen molar-refractivity contribution in [3.63, 3.8) is 0 Å². The third-order valence-corrected chi connectivity index (χ3v) is 5.80. The molecule has 35 heavy (non-hydrogen) atoms. The Morgan fingerprint density at radius 1 is 1.17 bits per heavy atom. The van der Waals surface area contributed by atoms with E-state index in [9.17, 15) is 18.0 Å². The second-order valence-electron chi connectivity index (χ2n) is 8.88. The molecule has 1 fully saturated rings. The Morgan fingerprint density at radius 3 is 2.49 bits per heavy atom. The molecule has 1 N–H and O–H groups in total. The number of carbonyl (C=O) groups excluding carboxylic acids is 1. The van der Waals surface area contributed by atoms with Gasteiger partial charge >= 0.3 is 12.1 Å². The van der Waals surface area contributed by atoms with Crippen molar-refractivity contribution in [1.82, 2.24) is 10.3 Å². The number of piperidine rings is 1. The van der Waals surface area contributed by atoms with Crippen LogP contribution in [0, 0.1) is 5.92 Å². The van der Waals surface area contributed by atoms with Gasteiger partial charge in [-0.1, -0.05) is 19.9 Å². The van der Waals surface area contributed by atoms with Gasteiger partial charge in [0.25, 0.3) is 0 Å². The van der Waals surface area contributed by atoms with Gasteiger partial charge < -0.3 is 24.4 Å². The molecular formula is C25H32F3N3O4. The number of pyridine rings is 1. The molecule has 3 rings (SSSR count). The second-order valence-corrected chi connectivity index (χ2v) is 8.88. The third kappa shape index (κ3) is 6.78. The van der Waals surface area contributed by atoms with Crippen molar-refractivity contribution >= 4 is 11.8 Å². The Kier molecular flexibility index (Phi) is 8.82. The summed E-state index contributed by atoms with van der Waals surface area (Å²) in [6.45, 7) is 6.39. The fourth-order valence-corrected chi connectivity index (χ4v) is 4.01. The lowest BCUT2D eigenvalue weighted by Crippen LogP contribution is -2.43. The van der Waals surface area contributed by atoms with Crippen LogP contribution >= 0.6 is 0 Å². The minimum absolute atomic E-state index is 0.0315. The Balaban J connectivity index is 2.01. The molecule has 10 heteroatoms. The predicted octanol–water partition coefficient (Wildman–Crippen LogP) is 4.69. The topological polar surface area (TPSA) is 72.9 Å². The SMILES string of the molecule is COC(=O)c1cnc(N(Cc2ccc(OC)c(OCC(C)C)c2)C2CCNCC2)cc1C(F)(F)F. The van der Waals surface area contributed by atoms with Gasteiger partial charge in [0.1, 0.15) is 5.82 Å². The molecule has 0 amide bonds. The Morgan fingerprint density at radius 2 is 1.89 bits per heavy atom. The molecule has 2 aromatic rings. The predicted molar refractivity (Wildman–Crippen MR) is 126 cm³/mol. The summed E-state index contributed by atoms with van der Waals surface area (Å²) in [5.74, 6) is 0.550. The van der Waals surface area contributed by atoms with Gasteiger partial charge in [-0.3, -0.25) is 0 Å². The summed E-state index contributed by atoms with van der Waals surface area (Å²) in [5, 5.41) is 3.28. The van der Waals surface area contributed by atoms with E-state index in [2.05, 4.69) is 15.0 Å². The zero-order chi connectivity index (χ0) is 25.6. The molecule has 192 valence electrons. The normalized spacial score (nSPS) is 14.6. The zero-order valence-electron chi connectivity index (χ0n) is 20.4. The summed E-state index contributed by atoms with van der Waals surface area (Å²) in [7, 11) is 2.60. The molecule has 0 saturated carbocycles. The number of nitrogens with zero attached hydrogens (tertiary/aromatic N) is 2. The monoisotopic (exact) mass is 495 g/mol. The molecule has 2 heterocycles. The molecule has 1 aromatic heterocycles. The number of carbonyl (C=O) groups is 1. The number of hydrogen-bond donors (Lipinski definition) is 1. The third-order valence-electron chi connectivity index (χ3n) is 5.80. The van der Waals surface area contributed by atoms with Gasteiger partial charge in [-0.25, -0.2) is 9.78 Å². The zero-order valence-corrected chi connectivity index (χ0v) is 20.4. The molecule has 0 spiro atoms. The van der Waals surface area contributed by atoms with E-state index in [1.54, 1.807) is 13.2 Å². The van der Waals surface area contributed by atoms with Crippen LogP contribution in [0.3, 0.4) is 0 Å². The highest BCUT2D eigenvalue weighted by Crippen LogP contribution is 2.36. The Hall–Kier alpha value is -3.01. The highest BCUT2D eigenvalue weighted by Gasteiger charge is 2.37. The van der Waals surface area contributed by atoms with Gasteiger partial charge in [-0.15, -0.1) is 0 Å². The van der Waals surface area contributed by atoms with E-state index in [0.717, 1.165) is 50.9 Å². The number of aromatic nitrogens is 1. The largest absolute Gasteiger partial charge is 0.493 e. The molecule has 1 aromatic carbocycles. The number of benzene rings is 1. The van der Waals surface area contributed by atoms with Crippen LogP contribution in [0.2, 0.25) is 0 Å². The highest BCUT2D eigenvalue weighted by molar-refractivity contribution is 5.91. The maximum absolute atomic E-state index is 13.8. The average molecular weight is 496 g/mol. The molecule has 1 saturated heterocycles. The summed E-state index contributed by atoms with van der Waals surface area (Å²) in [6, 6.07) is 6.41. The lowest BCUT2D eigenvalue weighted by molar-refractivity contribution is -0.138.